The van der Waals surface area contributed by atoms with Gasteiger partial charge in [-0.25, -0.2) is 17.6 Å². The zero-order chi connectivity index (χ0) is 30.4. The summed E-state index contributed by atoms with van der Waals surface area (Å²) in [5.41, 5.74) is 1.54. The number of hydrogen-bond acceptors (Lipinski definition) is 6. The van der Waals surface area contributed by atoms with Crippen LogP contribution in [0.5, 0.6) is 5.75 Å². The van der Waals surface area contributed by atoms with Crippen molar-refractivity contribution < 1.29 is 32.2 Å². The zero-order valence-corrected chi connectivity index (χ0v) is 24.5. The highest BCUT2D eigenvalue weighted by molar-refractivity contribution is 7.89. The van der Waals surface area contributed by atoms with E-state index in [-0.39, 0.29) is 42.8 Å². The summed E-state index contributed by atoms with van der Waals surface area (Å²) >= 11 is 0. The summed E-state index contributed by atoms with van der Waals surface area (Å²) in [4.78, 5) is 27.5. The Morgan fingerprint density at radius 2 is 1.76 bits per heavy atom. The number of urea groups is 1. The summed E-state index contributed by atoms with van der Waals surface area (Å²) < 4.78 is 47.4. The molecule has 224 valence electrons. The van der Waals surface area contributed by atoms with E-state index in [1.165, 1.54) is 19.2 Å². The molecule has 0 saturated heterocycles. The number of nitrogens with one attached hydrogen (secondary N) is 2. The second-order valence-electron chi connectivity index (χ2n) is 10.4. The Morgan fingerprint density at radius 3 is 2.43 bits per heavy atom. The summed E-state index contributed by atoms with van der Waals surface area (Å²) in [6.07, 6.45) is -0.748. The van der Waals surface area contributed by atoms with Crippen molar-refractivity contribution in [2.45, 2.75) is 37.3 Å². The van der Waals surface area contributed by atoms with E-state index in [4.69, 9.17) is 4.74 Å². The van der Waals surface area contributed by atoms with Crippen LogP contribution in [0.15, 0.2) is 77.7 Å². The second kappa shape index (κ2) is 13.3. The topological polar surface area (TPSA) is 128 Å². The monoisotopic (exact) mass is 598 g/mol. The molecule has 0 radical (unpaired) electrons. The number of nitrogens with zero attached hydrogens (tertiary/aromatic N) is 2. The lowest BCUT2D eigenvalue weighted by Gasteiger charge is -2.33. The molecule has 12 heteroatoms. The fraction of sp³-hybridized carbons (Fsp3) is 0.333. The third kappa shape index (κ3) is 7.44. The first-order valence-electron chi connectivity index (χ1n) is 13.5. The van der Waals surface area contributed by atoms with Crippen molar-refractivity contribution in [2.75, 3.05) is 37.4 Å². The number of halogens is 1. The fourth-order valence-electron chi connectivity index (χ4n) is 4.68. The Morgan fingerprint density at radius 1 is 1.10 bits per heavy atom. The molecule has 3 aromatic carbocycles. The highest BCUT2D eigenvalue weighted by atomic mass is 32.2. The summed E-state index contributed by atoms with van der Waals surface area (Å²) in [5, 5.41) is 15.4. The van der Waals surface area contributed by atoms with E-state index < -0.39 is 34.0 Å². The minimum atomic E-state index is -3.97. The predicted molar refractivity (Wildman–Crippen MR) is 157 cm³/mol. The van der Waals surface area contributed by atoms with Crippen LogP contribution < -0.4 is 15.4 Å². The van der Waals surface area contributed by atoms with Crippen LogP contribution in [0, 0.1) is 11.7 Å². The van der Waals surface area contributed by atoms with Gasteiger partial charge in [0.1, 0.15) is 17.7 Å². The Balaban J connectivity index is 1.62. The molecule has 0 unspecified atom stereocenters. The van der Waals surface area contributed by atoms with Gasteiger partial charge in [-0.1, -0.05) is 25.1 Å². The first-order chi connectivity index (χ1) is 20.0. The van der Waals surface area contributed by atoms with Crippen molar-refractivity contribution >= 4 is 33.3 Å². The number of benzene rings is 3. The van der Waals surface area contributed by atoms with Crippen LogP contribution in [-0.4, -0.2) is 73.6 Å². The number of hydrogen-bond donors (Lipinski definition) is 3. The average Bonchev–Trinajstić information content (AvgIpc) is 3.00. The first-order valence-corrected chi connectivity index (χ1v) is 15.0. The van der Waals surface area contributed by atoms with Gasteiger partial charge in [-0.2, -0.15) is 4.31 Å². The van der Waals surface area contributed by atoms with Crippen LogP contribution in [0.1, 0.15) is 19.4 Å². The molecule has 0 aliphatic carbocycles. The molecule has 1 aliphatic heterocycles. The van der Waals surface area contributed by atoms with E-state index in [0.29, 0.717) is 22.7 Å². The summed E-state index contributed by atoms with van der Waals surface area (Å²) in [6.45, 7) is 3.49. The number of rotatable bonds is 8. The smallest absolute Gasteiger partial charge is 0.323 e. The number of anilines is 2. The van der Waals surface area contributed by atoms with Crippen LogP contribution in [0.2, 0.25) is 0 Å². The summed E-state index contributed by atoms with van der Waals surface area (Å²) in [5.74, 6) is -0.753. The van der Waals surface area contributed by atoms with Crippen molar-refractivity contribution in [1.82, 2.24) is 9.21 Å². The third-order valence-corrected chi connectivity index (χ3v) is 9.00. The van der Waals surface area contributed by atoms with Crippen molar-refractivity contribution in [1.29, 1.82) is 0 Å². The summed E-state index contributed by atoms with van der Waals surface area (Å²) in [6, 6.07) is 17.5. The zero-order valence-electron chi connectivity index (χ0n) is 23.7. The second-order valence-corrected chi connectivity index (χ2v) is 12.4. The molecule has 0 fully saturated rings. The lowest BCUT2D eigenvalue weighted by atomic mass is 10.0. The quantitative estimate of drug-likeness (QED) is 0.361. The van der Waals surface area contributed by atoms with Crippen LogP contribution in [0.25, 0.3) is 0 Å². The number of aliphatic hydroxyl groups is 1. The molecule has 3 atom stereocenters. The number of ether oxygens (including phenoxy) is 1. The average molecular weight is 599 g/mol. The molecular formula is C30H35FN4O6S. The van der Waals surface area contributed by atoms with E-state index in [2.05, 4.69) is 10.6 Å². The number of carbonyl (C=O) groups is 2. The first kappa shape index (κ1) is 30.9. The molecule has 1 heterocycles. The molecule has 4 rings (SSSR count). The van der Waals surface area contributed by atoms with Gasteiger partial charge >= 0.3 is 6.03 Å². The molecule has 0 aromatic heterocycles. The third-order valence-electron chi connectivity index (χ3n) is 7.16. The van der Waals surface area contributed by atoms with Gasteiger partial charge in [0.05, 0.1) is 30.5 Å². The van der Waals surface area contributed by atoms with E-state index >= 15 is 0 Å². The highest BCUT2D eigenvalue weighted by Crippen LogP contribution is 2.30. The minimum Gasteiger partial charge on any atom is -0.488 e. The summed E-state index contributed by atoms with van der Waals surface area (Å²) in [7, 11) is -2.55. The van der Waals surface area contributed by atoms with Gasteiger partial charge in [0.15, 0.2) is 0 Å². The van der Waals surface area contributed by atoms with Gasteiger partial charge in [0, 0.05) is 36.4 Å². The lowest BCUT2D eigenvalue weighted by Crippen LogP contribution is -2.48. The SMILES string of the molecule is C[C@H](CO)N1C[C@H](C)[C@H](CN(C)S(=O)(=O)c2ccc(F)cc2)Oc2ccc(NC(=O)Nc3ccccc3)cc2CC1=O. The predicted octanol–water partition coefficient (Wildman–Crippen LogP) is 3.94. The van der Waals surface area contributed by atoms with E-state index in [1.807, 2.05) is 13.0 Å². The Labute approximate surface area is 245 Å². The normalized spacial score (nSPS) is 18.2. The molecule has 3 N–H and O–H groups in total. The van der Waals surface area contributed by atoms with Gasteiger partial charge < -0.3 is 25.4 Å². The number of carbonyl (C=O) groups excluding carboxylic acids is 2. The van der Waals surface area contributed by atoms with Crippen LogP contribution in [-0.2, 0) is 21.2 Å². The molecule has 0 bridgehead atoms. The number of sulfonamides is 1. The Hall–Kier alpha value is -4.00. The Kier molecular flexibility index (Phi) is 9.81. The highest BCUT2D eigenvalue weighted by Gasteiger charge is 2.33. The van der Waals surface area contributed by atoms with Crippen molar-refractivity contribution in [3.63, 3.8) is 0 Å². The molecule has 0 spiro atoms. The van der Waals surface area contributed by atoms with Crippen LogP contribution in [0.3, 0.4) is 0 Å². The molecule has 3 amide bonds. The molecule has 1 aliphatic rings. The fourth-order valence-corrected chi connectivity index (χ4v) is 5.86. The van der Waals surface area contributed by atoms with Gasteiger partial charge in [-0.3, -0.25) is 4.79 Å². The molecule has 0 saturated carbocycles. The van der Waals surface area contributed by atoms with Crippen LogP contribution in [0.4, 0.5) is 20.6 Å². The number of aliphatic hydroxyl groups excluding tert-OH is 1. The molecule has 10 nitrogen and oxygen atoms in total. The van der Waals surface area contributed by atoms with Gasteiger partial charge in [-0.05, 0) is 61.5 Å². The van der Waals surface area contributed by atoms with Gasteiger partial charge in [-0.15, -0.1) is 0 Å². The van der Waals surface area contributed by atoms with E-state index in [1.54, 1.807) is 54.3 Å². The van der Waals surface area contributed by atoms with Crippen molar-refractivity contribution in [2.24, 2.45) is 5.92 Å². The van der Waals surface area contributed by atoms with Crippen LogP contribution >= 0.6 is 0 Å². The molecule has 3 aromatic rings. The van der Waals surface area contributed by atoms with E-state index in [9.17, 15) is 27.5 Å². The van der Waals surface area contributed by atoms with E-state index in [0.717, 1.165) is 16.4 Å². The number of fused-ring (bicyclic) bond motifs is 1. The Bertz CT molecular complexity index is 1500. The van der Waals surface area contributed by atoms with Gasteiger partial charge in [0.2, 0.25) is 15.9 Å². The van der Waals surface area contributed by atoms with Crippen molar-refractivity contribution in [3.8, 4) is 5.75 Å². The number of para-hydroxylation sites is 1. The van der Waals surface area contributed by atoms with Gasteiger partial charge in [0.25, 0.3) is 0 Å². The number of amides is 3. The standard InChI is InChI=1S/C30H35FN4O6S/c1-20-17-35(21(2)19-36)29(37)16-22-15-25(33-30(38)32-24-7-5-4-6-8-24)11-14-27(22)41-28(20)18-34(3)42(39,40)26-12-9-23(31)10-13-26/h4-15,20-21,28,36H,16-19H2,1-3H3,(H2,32,33,38)/t20-,21+,28-/m0/s1. The molecular weight excluding hydrogens is 563 g/mol. The maximum atomic E-state index is 13.4. The largest absolute Gasteiger partial charge is 0.488 e. The van der Waals surface area contributed by atoms with Crippen molar-refractivity contribution in [3.05, 3.63) is 84.2 Å². The minimum absolute atomic E-state index is 0.0569. The maximum absolute atomic E-state index is 13.4. The lowest BCUT2D eigenvalue weighted by molar-refractivity contribution is -0.134. The maximum Gasteiger partial charge on any atom is 0.323 e. The molecule has 42 heavy (non-hydrogen) atoms. The number of likely N-dealkylation sites (N-methyl/N-ethyl adjacent to an activating group) is 1.